The molecule has 2 amide bonds. The Balaban J connectivity index is 1.18. The van der Waals surface area contributed by atoms with Crippen LogP contribution in [0.5, 0.6) is 5.88 Å². The Labute approximate surface area is 344 Å². The van der Waals surface area contributed by atoms with E-state index in [1.54, 1.807) is 48.4 Å². The van der Waals surface area contributed by atoms with Crippen LogP contribution in [0.3, 0.4) is 0 Å². The van der Waals surface area contributed by atoms with Crippen molar-refractivity contribution in [2.75, 3.05) is 115 Å². The molecular weight excluding hydrogens is 791 g/mol. The SMILES string of the molecule is C=CC(=O)N[C@@H]1CN(c2nc(Nc3cn(CCCNC(=O)CN4CCN(CC(=O)O)CCN(CC(=O)O)CCN(CC(=O)O)CC4)nc3OC)c3ncn(C)c3n2)C[C@H]1F. The van der Waals surface area contributed by atoms with Crippen molar-refractivity contribution in [3.8, 4) is 5.88 Å². The van der Waals surface area contributed by atoms with E-state index in [1.165, 1.54) is 7.11 Å². The summed E-state index contributed by atoms with van der Waals surface area (Å²) in [5.74, 6) is -3.01. The van der Waals surface area contributed by atoms with E-state index in [0.717, 1.165) is 6.08 Å². The molecule has 2 aliphatic rings. The van der Waals surface area contributed by atoms with Gasteiger partial charge in [-0.2, -0.15) is 9.97 Å². The quantitative estimate of drug-likeness (QED) is 0.0604. The first-order chi connectivity index (χ1) is 28.7. The number of aliphatic carboxylic acids is 3. The van der Waals surface area contributed by atoms with Crippen molar-refractivity contribution in [1.82, 2.24) is 59.5 Å². The number of nitrogens with zero attached hydrogens (tertiary/aromatic N) is 11. The molecule has 328 valence electrons. The normalized spacial score (nSPS) is 19.0. The van der Waals surface area contributed by atoms with Crippen LogP contribution >= 0.6 is 0 Å². The highest BCUT2D eigenvalue weighted by Crippen LogP contribution is 2.31. The maximum atomic E-state index is 14.9. The number of anilines is 3. The summed E-state index contributed by atoms with van der Waals surface area (Å²) in [6, 6.07) is -0.766. The van der Waals surface area contributed by atoms with Crippen LogP contribution in [-0.4, -0.2) is 211 Å². The van der Waals surface area contributed by atoms with Gasteiger partial charge in [0, 0.05) is 79.0 Å². The molecule has 0 saturated carbocycles. The molecule has 2 saturated heterocycles. The molecule has 0 aliphatic carbocycles. The van der Waals surface area contributed by atoms with E-state index in [0.29, 0.717) is 68.4 Å². The third kappa shape index (κ3) is 13.0. The molecule has 0 bridgehead atoms. The van der Waals surface area contributed by atoms with E-state index in [1.807, 2.05) is 4.90 Å². The minimum absolute atomic E-state index is 0.00688. The highest BCUT2D eigenvalue weighted by atomic mass is 19.1. The van der Waals surface area contributed by atoms with Crippen LogP contribution in [0.1, 0.15) is 6.42 Å². The smallest absolute Gasteiger partial charge is 0.317 e. The summed E-state index contributed by atoms with van der Waals surface area (Å²) in [7, 11) is 3.24. The zero-order valence-corrected chi connectivity index (χ0v) is 33.7. The minimum Gasteiger partial charge on any atom is -0.480 e. The number of hydrogen-bond donors (Lipinski definition) is 6. The Morgan fingerprint density at radius 1 is 0.883 bits per heavy atom. The van der Waals surface area contributed by atoms with E-state index >= 15 is 0 Å². The summed E-state index contributed by atoms with van der Waals surface area (Å²) >= 11 is 0. The van der Waals surface area contributed by atoms with Gasteiger partial charge in [0.05, 0.1) is 58.4 Å². The van der Waals surface area contributed by atoms with Crippen LogP contribution in [0.2, 0.25) is 0 Å². The van der Waals surface area contributed by atoms with Crippen molar-refractivity contribution in [2.24, 2.45) is 7.05 Å². The number of aromatic nitrogens is 6. The number of aryl methyl sites for hydroxylation is 2. The van der Waals surface area contributed by atoms with Gasteiger partial charge in [0.15, 0.2) is 17.0 Å². The van der Waals surface area contributed by atoms with Gasteiger partial charge < -0.3 is 45.5 Å². The molecule has 23 nitrogen and oxygen atoms in total. The van der Waals surface area contributed by atoms with E-state index < -0.39 is 36.0 Å². The fourth-order valence-electron chi connectivity index (χ4n) is 6.92. The third-order valence-corrected chi connectivity index (χ3v) is 10.0. The summed E-state index contributed by atoms with van der Waals surface area (Å²) in [6.45, 7) is 5.81. The van der Waals surface area contributed by atoms with Crippen LogP contribution in [-0.2, 0) is 37.6 Å². The van der Waals surface area contributed by atoms with Crippen LogP contribution in [0, 0.1) is 0 Å². The Bertz CT molecular complexity index is 1960. The number of ether oxygens (including phenoxy) is 1. The molecule has 3 aromatic rings. The molecule has 0 spiro atoms. The molecule has 3 aromatic heterocycles. The lowest BCUT2D eigenvalue weighted by molar-refractivity contribution is -0.140. The van der Waals surface area contributed by atoms with Gasteiger partial charge in [-0.1, -0.05) is 6.58 Å². The van der Waals surface area contributed by atoms with Crippen molar-refractivity contribution >= 4 is 58.3 Å². The van der Waals surface area contributed by atoms with Gasteiger partial charge in [0.1, 0.15) is 11.9 Å². The average molecular weight is 845 g/mol. The molecule has 0 unspecified atom stereocenters. The molecule has 5 rings (SSSR count). The molecule has 5 heterocycles. The fraction of sp³-hybridized carbons (Fsp3) is 0.583. The van der Waals surface area contributed by atoms with Crippen molar-refractivity contribution in [3.05, 3.63) is 25.2 Å². The molecule has 0 radical (unpaired) electrons. The average Bonchev–Trinajstić information content (AvgIpc) is 3.89. The lowest BCUT2D eigenvalue weighted by Crippen LogP contribution is -2.49. The fourth-order valence-corrected chi connectivity index (χ4v) is 6.92. The molecule has 6 N–H and O–H groups in total. The number of amides is 2. The number of imidazole rings is 1. The number of nitrogens with one attached hydrogen (secondary N) is 3. The highest BCUT2D eigenvalue weighted by Gasteiger charge is 2.35. The maximum absolute atomic E-state index is 14.9. The molecule has 0 aromatic carbocycles. The van der Waals surface area contributed by atoms with Crippen LogP contribution in [0.15, 0.2) is 25.2 Å². The topological polar surface area (TPSA) is 269 Å². The van der Waals surface area contributed by atoms with E-state index in [-0.39, 0.29) is 83.2 Å². The van der Waals surface area contributed by atoms with Gasteiger partial charge >= 0.3 is 17.9 Å². The number of carbonyl (C=O) groups excluding carboxylic acids is 2. The number of alkyl halides is 1. The molecular formula is C36H53FN14O9. The summed E-state index contributed by atoms with van der Waals surface area (Å²) in [5, 5.41) is 41.6. The van der Waals surface area contributed by atoms with E-state index in [9.17, 15) is 43.7 Å². The third-order valence-electron chi connectivity index (χ3n) is 10.0. The zero-order valence-electron chi connectivity index (χ0n) is 33.7. The monoisotopic (exact) mass is 844 g/mol. The molecule has 60 heavy (non-hydrogen) atoms. The van der Waals surface area contributed by atoms with Crippen LogP contribution in [0.25, 0.3) is 11.2 Å². The number of fused-ring (bicyclic) bond motifs is 1. The van der Waals surface area contributed by atoms with Gasteiger partial charge in [0.25, 0.3) is 5.88 Å². The van der Waals surface area contributed by atoms with Crippen LogP contribution in [0.4, 0.5) is 21.8 Å². The standard InChI is InChI=1S/C36H53FN14O9/c1-4-27(52)40-25-17-50(16-24(25)37)36-42-33(32-34(43-36)45(2)23-39-32)41-26-18-51(44-35(26)60-3)7-5-6-38-28(53)19-46-8-10-47(20-29(54)55)12-14-49(22-31(58)59)15-13-48(11-9-46)21-30(56)57/h4,18,23-25H,1,5-17,19-22H2,2-3H3,(H,38,53)(H,40,52)(H,54,55)(H,56,57)(H,58,59)(H,41,42,43)/t24-,25-/m1/s1. The number of carboxylic acids is 3. The second-order valence-electron chi connectivity index (χ2n) is 14.6. The molecule has 2 atom stereocenters. The van der Waals surface area contributed by atoms with E-state index in [2.05, 4.69) is 42.6 Å². The number of methoxy groups -OCH3 is 1. The Morgan fingerprint density at radius 3 is 1.98 bits per heavy atom. The molecule has 2 fully saturated rings. The lowest BCUT2D eigenvalue weighted by atomic mass is 10.2. The van der Waals surface area contributed by atoms with Gasteiger partial charge in [-0.15, -0.1) is 5.10 Å². The largest absolute Gasteiger partial charge is 0.480 e. The highest BCUT2D eigenvalue weighted by molar-refractivity contribution is 5.88. The molecule has 2 aliphatic heterocycles. The second-order valence-corrected chi connectivity index (χ2v) is 14.6. The summed E-state index contributed by atoms with van der Waals surface area (Å²) < 4.78 is 23.8. The number of rotatable bonds is 18. The minimum atomic E-state index is -1.35. The maximum Gasteiger partial charge on any atom is 0.317 e. The Kier molecular flexibility index (Phi) is 16.0. The van der Waals surface area contributed by atoms with Crippen molar-refractivity contribution in [2.45, 2.75) is 25.2 Å². The van der Waals surface area contributed by atoms with Gasteiger partial charge in [0.2, 0.25) is 17.8 Å². The van der Waals surface area contributed by atoms with Crippen molar-refractivity contribution in [3.63, 3.8) is 0 Å². The predicted octanol–water partition coefficient (Wildman–Crippen LogP) is -1.88. The second kappa shape index (κ2) is 21.3. The number of halogens is 1. The first kappa shape index (κ1) is 45.1. The lowest BCUT2D eigenvalue weighted by Gasteiger charge is -2.32. The van der Waals surface area contributed by atoms with Crippen LogP contribution < -0.4 is 25.6 Å². The Hall–Kier alpha value is -5.98. The first-order valence-electron chi connectivity index (χ1n) is 19.4. The molecule has 24 heteroatoms. The van der Waals surface area contributed by atoms with Gasteiger partial charge in [-0.05, 0) is 12.5 Å². The zero-order chi connectivity index (χ0) is 43.3. The number of carboxylic acid groups (broad SMARTS) is 3. The number of hydrogen-bond acceptors (Lipinski definition) is 16. The number of carbonyl (C=O) groups is 5. The predicted molar refractivity (Wildman–Crippen MR) is 214 cm³/mol. The van der Waals surface area contributed by atoms with Gasteiger partial charge in [-0.25, -0.2) is 9.37 Å². The first-order valence-corrected chi connectivity index (χ1v) is 19.4. The van der Waals surface area contributed by atoms with E-state index in [4.69, 9.17) is 4.74 Å². The summed E-state index contributed by atoms with van der Waals surface area (Å²) in [5.41, 5.74) is 1.42. The van der Waals surface area contributed by atoms with Crippen molar-refractivity contribution in [1.29, 1.82) is 0 Å². The summed E-state index contributed by atoms with van der Waals surface area (Å²) in [6.07, 6.45) is 3.53. The van der Waals surface area contributed by atoms with Gasteiger partial charge in [-0.3, -0.25) is 48.3 Å². The van der Waals surface area contributed by atoms with Crippen molar-refractivity contribution < 1.29 is 48.4 Å². The summed E-state index contributed by atoms with van der Waals surface area (Å²) in [4.78, 5) is 81.9. The Morgan fingerprint density at radius 2 is 1.45 bits per heavy atom.